The van der Waals surface area contributed by atoms with Crippen LogP contribution in [0.4, 0.5) is 13.2 Å². The lowest BCUT2D eigenvalue weighted by Gasteiger charge is -2.36. The number of pyridine rings is 1. The molecule has 0 spiro atoms. The van der Waals surface area contributed by atoms with Crippen molar-refractivity contribution in [3.8, 4) is 0 Å². The molecule has 2 rings (SSSR count). The molecular formula is C14H18F3N3O. The van der Waals surface area contributed by atoms with Gasteiger partial charge in [-0.3, -0.25) is 9.78 Å². The van der Waals surface area contributed by atoms with Crippen LogP contribution in [0, 0.1) is 5.92 Å². The summed E-state index contributed by atoms with van der Waals surface area (Å²) in [5.41, 5.74) is -0.792. The lowest BCUT2D eigenvalue weighted by atomic mass is 9.94. The average Bonchev–Trinajstić information content (AvgIpc) is 2.45. The predicted molar refractivity (Wildman–Crippen MR) is 71.8 cm³/mol. The van der Waals surface area contributed by atoms with Gasteiger partial charge in [-0.2, -0.15) is 13.2 Å². The van der Waals surface area contributed by atoms with E-state index in [4.69, 9.17) is 0 Å². The molecular weight excluding hydrogens is 283 g/mol. The molecule has 1 aliphatic rings. The van der Waals surface area contributed by atoms with E-state index in [1.807, 2.05) is 14.0 Å². The van der Waals surface area contributed by atoms with Crippen LogP contribution in [0.2, 0.25) is 0 Å². The fraction of sp³-hybridized carbons (Fsp3) is 0.571. The number of nitrogens with one attached hydrogen (secondary N) is 1. The van der Waals surface area contributed by atoms with Gasteiger partial charge in [0.2, 0.25) is 0 Å². The summed E-state index contributed by atoms with van der Waals surface area (Å²) < 4.78 is 37.4. The van der Waals surface area contributed by atoms with Crippen LogP contribution in [0.3, 0.4) is 0 Å². The van der Waals surface area contributed by atoms with Gasteiger partial charge in [0.1, 0.15) is 5.69 Å². The van der Waals surface area contributed by atoms with Gasteiger partial charge in [-0.1, -0.05) is 6.92 Å². The molecule has 2 unspecified atom stereocenters. The zero-order valence-corrected chi connectivity index (χ0v) is 11.9. The van der Waals surface area contributed by atoms with Crippen molar-refractivity contribution in [3.63, 3.8) is 0 Å². The van der Waals surface area contributed by atoms with E-state index in [9.17, 15) is 18.0 Å². The van der Waals surface area contributed by atoms with Crippen molar-refractivity contribution in [2.75, 3.05) is 20.1 Å². The number of rotatable bonds is 2. The van der Waals surface area contributed by atoms with Crippen LogP contribution in [0.1, 0.15) is 29.4 Å². The first kappa shape index (κ1) is 15.8. The highest BCUT2D eigenvalue weighted by atomic mass is 19.4. The highest BCUT2D eigenvalue weighted by Crippen LogP contribution is 2.28. The molecule has 7 heteroatoms. The van der Waals surface area contributed by atoms with Crippen molar-refractivity contribution in [1.82, 2.24) is 15.2 Å². The Morgan fingerprint density at radius 3 is 2.62 bits per heavy atom. The van der Waals surface area contributed by atoms with E-state index in [1.54, 1.807) is 4.90 Å². The maximum Gasteiger partial charge on any atom is 0.417 e. The molecule has 1 aliphatic heterocycles. The van der Waals surface area contributed by atoms with Gasteiger partial charge in [0.05, 0.1) is 5.56 Å². The highest BCUT2D eigenvalue weighted by Gasteiger charge is 2.32. The number of carbonyl (C=O) groups excluding carboxylic acids is 1. The van der Waals surface area contributed by atoms with Crippen molar-refractivity contribution in [1.29, 1.82) is 0 Å². The number of piperidine rings is 1. The molecule has 0 radical (unpaired) electrons. The number of alkyl halides is 3. The van der Waals surface area contributed by atoms with Gasteiger partial charge in [0.25, 0.3) is 5.91 Å². The smallest absolute Gasteiger partial charge is 0.337 e. The molecule has 1 N–H and O–H groups in total. The van der Waals surface area contributed by atoms with Crippen LogP contribution in [0.5, 0.6) is 0 Å². The summed E-state index contributed by atoms with van der Waals surface area (Å²) in [6.45, 7) is 3.20. The van der Waals surface area contributed by atoms with Gasteiger partial charge in [-0.15, -0.1) is 0 Å². The molecule has 4 nitrogen and oxygen atoms in total. The normalized spacial score (nSPS) is 23.2. The number of hydrogen-bond acceptors (Lipinski definition) is 3. The SMILES string of the molecule is CNC1CCN(C(=O)c2ccc(C(F)(F)F)cn2)CC1C. The van der Waals surface area contributed by atoms with E-state index in [0.29, 0.717) is 31.2 Å². The molecule has 0 bridgehead atoms. The Labute approximate surface area is 121 Å². The second-order valence-electron chi connectivity index (χ2n) is 5.34. The Balaban J connectivity index is 2.07. The van der Waals surface area contributed by atoms with Gasteiger partial charge in [-0.05, 0) is 31.5 Å². The van der Waals surface area contributed by atoms with Crippen molar-refractivity contribution in [3.05, 3.63) is 29.6 Å². The Bertz CT molecular complexity index is 501. The monoisotopic (exact) mass is 301 g/mol. The largest absolute Gasteiger partial charge is 0.417 e. The van der Waals surface area contributed by atoms with E-state index in [2.05, 4.69) is 10.3 Å². The second kappa shape index (κ2) is 6.01. The molecule has 1 fully saturated rings. The molecule has 21 heavy (non-hydrogen) atoms. The van der Waals surface area contributed by atoms with Crippen molar-refractivity contribution >= 4 is 5.91 Å². The molecule has 116 valence electrons. The molecule has 1 amide bonds. The minimum absolute atomic E-state index is 0.0538. The Morgan fingerprint density at radius 1 is 1.43 bits per heavy atom. The topological polar surface area (TPSA) is 45.2 Å². The van der Waals surface area contributed by atoms with Gasteiger partial charge in [0, 0.05) is 25.3 Å². The van der Waals surface area contributed by atoms with E-state index in [0.717, 1.165) is 18.6 Å². The molecule has 0 aromatic carbocycles. The summed E-state index contributed by atoms with van der Waals surface area (Å²) in [4.78, 5) is 17.6. The average molecular weight is 301 g/mol. The number of nitrogens with zero attached hydrogens (tertiary/aromatic N) is 2. The lowest BCUT2D eigenvalue weighted by molar-refractivity contribution is -0.137. The quantitative estimate of drug-likeness (QED) is 0.910. The number of aromatic nitrogens is 1. The Hall–Kier alpha value is -1.63. The maximum atomic E-state index is 12.5. The number of amides is 1. The van der Waals surface area contributed by atoms with Crippen LogP contribution in [0.15, 0.2) is 18.3 Å². The summed E-state index contributed by atoms with van der Waals surface area (Å²) in [5.74, 6) is -0.0210. The minimum Gasteiger partial charge on any atom is -0.337 e. The van der Waals surface area contributed by atoms with Gasteiger partial charge < -0.3 is 10.2 Å². The summed E-state index contributed by atoms with van der Waals surface area (Å²) in [5, 5.41) is 3.20. The molecule has 2 atom stereocenters. The van der Waals surface area contributed by atoms with Crippen LogP contribution >= 0.6 is 0 Å². The van der Waals surface area contributed by atoms with Gasteiger partial charge >= 0.3 is 6.18 Å². The summed E-state index contributed by atoms with van der Waals surface area (Å²) in [6.07, 6.45) is -2.91. The maximum absolute atomic E-state index is 12.5. The van der Waals surface area contributed by atoms with E-state index in [1.165, 1.54) is 0 Å². The zero-order chi connectivity index (χ0) is 15.6. The summed E-state index contributed by atoms with van der Waals surface area (Å²) in [7, 11) is 1.88. The fourth-order valence-electron chi connectivity index (χ4n) is 2.61. The molecule has 1 aromatic heterocycles. The second-order valence-corrected chi connectivity index (χ2v) is 5.34. The lowest BCUT2D eigenvalue weighted by Crippen LogP contribution is -2.49. The summed E-state index contributed by atoms with van der Waals surface area (Å²) >= 11 is 0. The number of carbonyl (C=O) groups is 1. The fourth-order valence-corrected chi connectivity index (χ4v) is 2.61. The third kappa shape index (κ3) is 3.53. The number of halogens is 3. The first-order valence-electron chi connectivity index (χ1n) is 6.82. The molecule has 0 saturated carbocycles. The van der Waals surface area contributed by atoms with Crippen LogP contribution in [-0.2, 0) is 6.18 Å². The molecule has 0 aliphatic carbocycles. The van der Waals surface area contributed by atoms with Crippen LogP contribution in [0.25, 0.3) is 0 Å². The Kier molecular flexibility index (Phi) is 4.51. The van der Waals surface area contributed by atoms with E-state index >= 15 is 0 Å². The Morgan fingerprint density at radius 2 is 2.14 bits per heavy atom. The van der Waals surface area contributed by atoms with Gasteiger partial charge in [0.15, 0.2) is 0 Å². The third-order valence-corrected chi connectivity index (χ3v) is 3.87. The van der Waals surface area contributed by atoms with Gasteiger partial charge in [-0.25, -0.2) is 0 Å². The molecule has 1 aromatic rings. The van der Waals surface area contributed by atoms with E-state index in [-0.39, 0.29) is 11.6 Å². The van der Waals surface area contributed by atoms with E-state index < -0.39 is 11.7 Å². The van der Waals surface area contributed by atoms with Crippen LogP contribution < -0.4 is 5.32 Å². The highest BCUT2D eigenvalue weighted by molar-refractivity contribution is 5.92. The first-order chi connectivity index (χ1) is 9.82. The standard InChI is InChI=1S/C14H18F3N3O/c1-9-8-20(6-5-11(9)18-2)13(21)12-4-3-10(7-19-12)14(15,16)17/h3-4,7,9,11,18H,5-6,8H2,1-2H3. The van der Waals surface area contributed by atoms with Crippen LogP contribution in [-0.4, -0.2) is 42.0 Å². The third-order valence-electron chi connectivity index (χ3n) is 3.87. The number of likely N-dealkylation sites (tertiary alicyclic amines) is 1. The minimum atomic E-state index is -4.44. The molecule has 2 heterocycles. The van der Waals surface area contributed by atoms with Crippen molar-refractivity contribution < 1.29 is 18.0 Å². The van der Waals surface area contributed by atoms with Crippen molar-refractivity contribution in [2.24, 2.45) is 5.92 Å². The zero-order valence-electron chi connectivity index (χ0n) is 11.9. The predicted octanol–water partition coefficient (Wildman–Crippen LogP) is 2.17. The molecule has 1 saturated heterocycles. The first-order valence-corrected chi connectivity index (χ1v) is 6.82. The summed E-state index contributed by atoms with van der Waals surface area (Å²) in [6, 6.07) is 2.39. The van der Waals surface area contributed by atoms with Crippen molar-refractivity contribution in [2.45, 2.75) is 25.6 Å². The number of hydrogen-bond donors (Lipinski definition) is 1.